The summed E-state index contributed by atoms with van der Waals surface area (Å²) in [4.78, 5) is 3.94. The summed E-state index contributed by atoms with van der Waals surface area (Å²) in [6.45, 7) is 8.89. The van der Waals surface area contributed by atoms with Crippen molar-refractivity contribution in [3.8, 4) is 0 Å². The lowest BCUT2D eigenvalue weighted by atomic mass is 10.0. The van der Waals surface area contributed by atoms with Gasteiger partial charge in [-0.2, -0.15) is 0 Å². The van der Waals surface area contributed by atoms with E-state index in [1.807, 2.05) is 18.4 Å². The first kappa shape index (κ1) is 15.5. The minimum atomic E-state index is 0.594. The van der Waals surface area contributed by atoms with E-state index in [4.69, 9.17) is 0 Å². The molecule has 110 valence electrons. The molecule has 3 heteroatoms. The first-order valence-corrected chi connectivity index (χ1v) is 8.20. The molecular weight excluding hydrogens is 264 g/mol. The molecular formula is C17H26N2S. The van der Waals surface area contributed by atoms with Crippen LogP contribution >= 0.6 is 11.3 Å². The summed E-state index contributed by atoms with van der Waals surface area (Å²) in [6, 6.07) is 9.36. The number of hydrogen-bond donors (Lipinski definition) is 1. The van der Waals surface area contributed by atoms with Crippen LogP contribution in [0.1, 0.15) is 31.2 Å². The zero-order chi connectivity index (χ0) is 14.7. The maximum absolute atomic E-state index is 3.30. The molecule has 1 aromatic heterocycles. The van der Waals surface area contributed by atoms with Gasteiger partial charge in [0.25, 0.3) is 0 Å². The molecule has 1 unspecified atom stereocenters. The van der Waals surface area contributed by atoms with Crippen LogP contribution in [-0.4, -0.2) is 25.0 Å². The third-order valence-electron chi connectivity index (χ3n) is 4.19. The second-order valence-corrected chi connectivity index (χ2v) is 7.07. The van der Waals surface area contributed by atoms with Crippen molar-refractivity contribution in [3.63, 3.8) is 0 Å². The van der Waals surface area contributed by atoms with Crippen molar-refractivity contribution in [2.24, 2.45) is 5.92 Å². The van der Waals surface area contributed by atoms with Gasteiger partial charge in [0.1, 0.15) is 0 Å². The molecule has 1 atom stereocenters. The largest absolute Gasteiger partial charge is 0.315 e. The van der Waals surface area contributed by atoms with Gasteiger partial charge in [-0.25, -0.2) is 0 Å². The smallest absolute Gasteiger partial charge is 0.0349 e. The van der Waals surface area contributed by atoms with E-state index in [0.717, 1.165) is 13.1 Å². The van der Waals surface area contributed by atoms with Crippen LogP contribution < -0.4 is 5.32 Å². The summed E-state index contributed by atoms with van der Waals surface area (Å²) in [7, 11) is 4.26. The molecule has 0 fully saturated rings. The molecule has 1 N–H and O–H groups in total. The predicted octanol–water partition coefficient (Wildman–Crippen LogP) is 4.10. The van der Waals surface area contributed by atoms with E-state index in [-0.39, 0.29) is 0 Å². The fourth-order valence-corrected chi connectivity index (χ4v) is 3.76. The summed E-state index contributed by atoms with van der Waals surface area (Å²) in [5.41, 5.74) is 1.50. The number of rotatable bonds is 6. The Bertz CT molecular complexity index is 559. The molecule has 0 bridgehead atoms. The van der Waals surface area contributed by atoms with Crippen LogP contribution in [0.3, 0.4) is 0 Å². The minimum absolute atomic E-state index is 0.594. The number of thiophene rings is 1. The standard InChI is InChI=1S/C17H26N2S/c1-12(2)13(3)19(5)11-15-14-8-6-7-9-16(14)20-17(15)10-18-4/h6-9,12-13,18H,10-11H2,1-5H3. The maximum Gasteiger partial charge on any atom is 0.0349 e. The van der Waals surface area contributed by atoms with Gasteiger partial charge >= 0.3 is 0 Å². The number of fused-ring (bicyclic) bond motifs is 1. The van der Waals surface area contributed by atoms with E-state index in [0.29, 0.717) is 12.0 Å². The molecule has 20 heavy (non-hydrogen) atoms. The van der Waals surface area contributed by atoms with Crippen molar-refractivity contribution in [2.75, 3.05) is 14.1 Å². The van der Waals surface area contributed by atoms with Gasteiger partial charge in [0.15, 0.2) is 0 Å². The molecule has 2 rings (SSSR count). The molecule has 0 radical (unpaired) electrons. The van der Waals surface area contributed by atoms with Crippen LogP contribution in [0.4, 0.5) is 0 Å². The number of nitrogens with one attached hydrogen (secondary N) is 1. The first-order chi connectivity index (χ1) is 9.54. The zero-order valence-corrected chi connectivity index (χ0v) is 14.1. The molecule has 0 aliphatic rings. The van der Waals surface area contributed by atoms with Crippen molar-refractivity contribution in [3.05, 3.63) is 34.7 Å². The van der Waals surface area contributed by atoms with E-state index in [1.165, 1.54) is 20.5 Å². The van der Waals surface area contributed by atoms with Gasteiger partial charge in [-0.1, -0.05) is 32.0 Å². The van der Waals surface area contributed by atoms with Gasteiger partial charge in [0, 0.05) is 28.7 Å². The van der Waals surface area contributed by atoms with Crippen molar-refractivity contribution in [1.29, 1.82) is 0 Å². The molecule has 0 spiro atoms. The molecule has 0 saturated carbocycles. The Morgan fingerprint density at radius 3 is 2.55 bits per heavy atom. The minimum Gasteiger partial charge on any atom is -0.315 e. The maximum atomic E-state index is 3.30. The van der Waals surface area contributed by atoms with Gasteiger partial charge in [-0.15, -0.1) is 11.3 Å². The summed E-state index contributed by atoms with van der Waals surface area (Å²) in [6.07, 6.45) is 0. The average molecular weight is 290 g/mol. The van der Waals surface area contributed by atoms with Gasteiger partial charge < -0.3 is 5.32 Å². The highest BCUT2D eigenvalue weighted by molar-refractivity contribution is 7.19. The van der Waals surface area contributed by atoms with E-state index in [1.54, 1.807) is 0 Å². The third kappa shape index (κ3) is 3.22. The Hall–Kier alpha value is -0.900. The second kappa shape index (κ2) is 6.70. The molecule has 0 aliphatic carbocycles. The molecule has 0 aliphatic heterocycles. The topological polar surface area (TPSA) is 15.3 Å². The molecule has 1 heterocycles. The summed E-state index contributed by atoms with van der Waals surface area (Å²) in [5.74, 6) is 0.678. The molecule has 2 nitrogen and oxygen atoms in total. The molecule has 0 amide bonds. The van der Waals surface area contributed by atoms with Gasteiger partial charge in [0.05, 0.1) is 0 Å². The number of nitrogens with zero attached hydrogens (tertiary/aromatic N) is 1. The fourth-order valence-electron chi connectivity index (χ4n) is 2.53. The number of benzene rings is 1. The summed E-state index contributed by atoms with van der Waals surface area (Å²) in [5, 5.41) is 4.72. The Labute approximate surface area is 126 Å². The fraction of sp³-hybridized carbons (Fsp3) is 0.529. The van der Waals surface area contributed by atoms with Crippen molar-refractivity contribution >= 4 is 21.4 Å². The van der Waals surface area contributed by atoms with E-state index in [9.17, 15) is 0 Å². The van der Waals surface area contributed by atoms with Crippen LogP contribution in [0.5, 0.6) is 0 Å². The van der Waals surface area contributed by atoms with Crippen molar-refractivity contribution in [2.45, 2.75) is 39.9 Å². The lowest BCUT2D eigenvalue weighted by molar-refractivity contribution is 0.201. The SMILES string of the molecule is CNCc1sc2ccccc2c1CN(C)C(C)C(C)C. The van der Waals surface area contributed by atoms with Crippen LogP contribution in [-0.2, 0) is 13.1 Å². The summed E-state index contributed by atoms with van der Waals surface area (Å²) < 4.78 is 1.40. The predicted molar refractivity (Wildman–Crippen MR) is 90.4 cm³/mol. The van der Waals surface area contributed by atoms with Crippen LogP contribution in [0.25, 0.3) is 10.1 Å². The molecule has 0 saturated heterocycles. The Morgan fingerprint density at radius 1 is 1.20 bits per heavy atom. The van der Waals surface area contributed by atoms with Crippen LogP contribution in [0.2, 0.25) is 0 Å². The lowest BCUT2D eigenvalue weighted by Gasteiger charge is -2.28. The highest BCUT2D eigenvalue weighted by Crippen LogP contribution is 2.32. The third-order valence-corrected chi connectivity index (χ3v) is 5.40. The molecule has 2 aromatic rings. The van der Waals surface area contributed by atoms with Crippen molar-refractivity contribution < 1.29 is 0 Å². The van der Waals surface area contributed by atoms with Crippen molar-refractivity contribution in [1.82, 2.24) is 10.2 Å². The Morgan fingerprint density at radius 2 is 1.90 bits per heavy atom. The normalized spacial score (nSPS) is 13.6. The van der Waals surface area contributed by atoms with Gasteiger partial charge in [-0.3, -0.25) is 4.90 Å². The monoisotopic (exact) mass is 290 g/mol. The highest BCUT2D eigenvalue weighted by atomic mass is 32.1. The number of hydrogen-bond acceptors (Lipinski definition) is 3. The summed E-state index contributed by atoms with van der Waals surface area (Å²) >= 11 is 1.92. The molecule has 1 aromatic carbocycles. The Kier molecular flexibility index (Phi) is 5.19. The van der Waals surface area contributed by atoms with E-state index >= 15 is 0 Å². The van der Waals surface area contributed by atoms with E-state index < -0.39 is 0 Å². The van der Waals surface area contributed by atoms with Gasteiger partial charge in [0.2, 0.25) is 0 Å². The lowest BCUT2D eigenvalue weighted by Crippen LogP contribution is -2.33. The second-order valence-electron chi connectivity index (χ2n) is 5.93. The zero-order valence-electron chi connectivity index (χ0n) is 13.2. The van der Waals surface area contributed by atoms with Crippen LogP contribution in [0, 0.1) is 5.92 Å². The quantitative estimate of drug-likeness (QED) is 0.862. The Balaban J connectivity index is 2.33. The van der Waals surface area contributed by atoms with Gasteiger partial charge in [-0.05, 0) is 44.0 Å². The average Bonchev–Trinajstić information content (AvgIpc) is 2.76. The highest BCUT2D eigenvalue weighted by Gasteiger charge is 2.17. The first-order valence-electron chi connectivity index (χ1n) is 7.38. The van der Waals surface area contributed by atoms with Crippen LogP contribution in [0.15, 0.2) is 24.3 Å². The van der Waals surface area contributed by atoms with E-state index in [2.05, 4.69) is 62.3 Å².